The summed E-state index contributed by atoms with van der Waals surface area (Å²) in [5, 5.41) is 11.0. The van der Waals surface area contributed by atoms with E-state index in [0.29, 0.717) is 0 Å². The minimum absolute atomic E-state index is 0.0969. The molecule has 7 heteroatoms. The summed E-state index contributed by atoms with van der Waals surface area (Å²) in [6.45, 7) is 5.04. The van der Waals surface area contributed by atoms with Crippen LogP contribution < -0.4 is 5.32 Å². The quantitative estimate of drug-likeness (QED) is 0.722. The van der Waals surface area contributed by atoms with Crippen LogP contribution in [0.15, 0.2) is 0 Å². The van der Waals surface area contributed by atoms with Gasteiger partial charge >= 0.3 is 12.1 Å². The van der Waals surface area contributed by atoms with E-state index in [2.05, 4.69) is 5.32 Å². The largest absolute Gasteiger partial charge is 0.480 e. The zero-order chi connectivity index (χ0) is 12.8. The maximum absolute atomic E-state index is 11.3. The van der Waals surface area contributed by atoms with E-state index in [1.165, 1.54) is 0 Å². The van der Waals surface area contributed by atoms with Crippen LogP contribution in [0.1, 0.15) is 27.2 Å². The molecule has 0 saturated carbocycles. The van der Waals surface area contributed by atoms with E-state index < -0.39 is 23.7 Å². The molecule has 0 radical (unpaired) electrons. The average Bonchev–Trinajstić information content (AvgIpc) is 2.08. The Morgan fingerprint density at radius 2 is 2.00 bits per heavy atom. The molecule has 92 valence electrons. The predicted molar refractivity (Wildman–Crippen MR) is 57.9 cm³/mol. The SMILES string of the molecule is CC(C)(C)OC(=O)NC(CCP=O)C(=O)O. The molecule has 0 aromatic carbocycles. The summed E-state index contributed by atoms with van der Waals surface area (Å²) in [6.07, 6.45) is -0.519. The predicted octanol–water partition coefficient (Wildman–Crippen LogP) is 1.65. The van der Waals surface area contributed by atoms with Crippen molar-refractivity contribution >= 4 is 20.5 Å². The van der Waals surface area contributed by atoms with E-state index in [9.17, 15) is 14.2 Å². The lowest BCUT2D eigenvalue weighted by atomic mass is 10.2. The molecule has 0 saturated heterocycles. The first-order valence-corrected chi connectivity index (χ1v) is 5.77. The van der Waals surface area contributed by atoms with Gasteiger partial charge in [-0.05, 0) is 27.2 Å². The van der Waals surface area contributed by atoms with E-state index in [1.807, 2.05) is 0 Å². The van der Waals surface area contributed by atoms with Crippen LogP contribution in [0.5, 0.6) is 0 Å². The molecule has 0 bridgehead atoms. The lowest BCUT2D eigenvalue weighted by Crippen LogP contribution is -2.43. The number of carboxylic acid groups (broad SMARTS) is 1. The highest BCUT2D eigenvalue weighted by Crippen LogP contribution is 2.08. The second-order valence-corrected chi connectivity index (χ2v) is 4.88. The van der Waals surface area contributed by atoms with Gasteiger partial charge < -0.3 is 15.2 Å². The Morgan fingerprint density at radius 3 is 2.38 bits per heavy atom. The highest BCUT2D eigenvalue weighted by atomic mass is 31.1. The van der Waals surface area contributed by atoms with Crippen molar-refractivity contribution in [3.63, 3.8) is 0 Å². The van der Waals surface area contributed by atoms with Gasteiger partial charge in [-0.2, -0.15) is 0 Å². The molecule has 0 rings (SSSR count). The maximum atomic E-state index is 11.3. The summed E-state index contributed by atoms with van der Waals surface area (Å²) in [6, 6.07) is -1.07. The lowest BCUT2D eigenvalue weighted by molar-refractivity contribution is -0.139. The average molecular weight is 249 g/mol. The third-order valence-electron chi connectivity index (χ3n) is 1.50. The third kappa shape index (κ3) is 7.17. The van der Waals surface area contributed by atoms with E-state index in [0.717, 1.165) is 0 Å². The van der Waals surface area contributed by atoms with Crippen LogP contribution in [0, 0.1) is 0 Å². The molecule has 0 aliphatic heterocycles. The van der Waals surface area contributed by atoms with Crippen molar-refractivity contribution in [2.24, 2.45) is 0 Å². The summed E-state index contributed by atoms with van der Waals surface area (Å²) >= 11 is 0. The molecule has 16 heavy (non-hydrogen) atoms. The van der Waals surface area contributed by atoms with Gasteiger partial charge in [0.2, 0.25) is 0 Å². The Labute approximate surface area is 95.6 Å². The normalized spacial score (nSPS) is 13.2. The summed E-state index contributed by atoms with van der Waals surface area (Å²) < 4.78 is 15.1. The molecule has 0 spiro atoms. The molecule has 1 amide bonds. The summed E-state index contributed by atoms with van der Waals surface area (Å²) in [5.74, 6) is -1.17. The molecule has 6 nitrogen and oxygen atoms in total. The minimum Gasteiger partial charge on any atom is -0.480 e. The molecule has 0 fully saturated rings. The van der Waals surface area contributed by atoms with Crippen LogP contribution in [0.25, 0.3) is 0 Å². The van der Waals surface area contributed by atoms with E-state index in [-0.39, 0.29) is 21.0 Å². The molecule has 0 aromatic rings. The standard InChI is InChI=1S/C9H16NO5P/c1-9(2,3)15-8(13)10-6(7(11)12)4-5-16-14/h6H,4-5H2,1-3H3,(H,10,13)(H,11,12). The molecule has 0 heterocycles. The first kappa shape index (κ1) is 14.8. The first-order chi connectivity index (χ1) is 7.26. The molecule has 0 aliphatic rings. The second-order valence-electron chi connectivity index (χ2n) is 4.18. The lowest BCUT2D eigenvalue weighted by Gasteiger charge is -2.21. The summed E-state index contributed by atoms with van der Waals surface area (Å²) in [7, 11) is -0.147. The van der Waals surface area contributed by atoms with Crippen molar-refractivity contribution < 1.29 is 24.0 Å². The Kier molecular flexibility index (Phi) is 5.96. The maximum Gasteiger partial charge on any atom is 0.408 e. The van der Waals surface area contributed by atoms with Crippen LogP contribution in [0.2, 0.25) is 0 Å². The van der Waals surface area contributed by atoms with Crippen LogP contribution in [-0.2, 0) is 14.1 Å². The summed E-state index contributed by atoms with van der Waals surface area (Å²) in [4.78, 5) is 22.0. The minimum atomic E-state index is -1.17. The Morgan fingerprint density at radius 1 is 1.44 bits per heavy atom. The highest BCUT2D eigenvalue weighted by molar-refractivity contribution is 7.23. The number of ether oxygens (including phenoxy) is 1. The van der Waals surface area contributed by atoms with E-state index >= 15 is 0 Å². The number of aliphatic carboxylic acids is 1. The van der Waals surface area contributed by atoms with Crippen molar-refractivity contribution in [2.45, 2.75) is 38.8 Å². The number of carbonyl (C=O) groups excluding carboxylic acids is 1. The third-order valence-corrected chi connectivity index (χ3v) is 1.94. The van der Waals surface area contributed by atoms with Crippen LogP contribution in [0.4, 0.5) is 4.79 Å². The molecule has 0 aliphatic carbocycles. The fraction of sp³-hybridized carbons (Fsp3) is 0.778. The Hall–Kier alpha value is -1.16. The van der Waals surface area contributed by atoms with Crippen molar-refractivity contribution in [1.29, 1.82) is 0 Å². The van der Waals surface area contributed by atoms with Gasteiger partial charge in [0.25, 0.3) is 0 Å². The molecular weight excluding hydrogens is 233 g/mol. The van der Waals surface area contributed by atoms with Crippen molar-refractivity contribution in [1.82, 2.24) is 5.32 Å². The number of alkyl carbamates (subject to hydrolysis) is 1. The second kappa shape index (κ2) is 6.43. The van der Waals surface area contributed by atoms with Crippen molar-refractivity contribution in [2.75, 3.05) is 6.16 Å². The van der Waals surface area contributed by atoms with Crippen molar-refractivity contribution in [3.05, 3.63) is 0 Å². The fourth-order valence-electron chi connectivity index (χ4n) is 0.889. The number of carbonyl (C=O) groups is 2. The van der Waals surface area contributed by atoms with E-state index in [1.54, 1.807) is 20.8 Å². The molecule has 1 unspecified atom stereocenters. The van der Waals surface area contributed by atoms with Crippen molar-refractivity contribution in [3.8, 4) is 0 Å². The number of hydrogen-bond acceptors (Lipinski definition) is 4. The Bertz CT molecular complexity index is 274. The van der Waals surface area contributed by atoms with Gasteiger partial charge in [-0.1, -0.05) is 0 Å². The highest BCUT2D eigenvalue weighted by Gasteiger charge is 2.23. The van der Waals surface area contributed by atoms with Gasteiger partial charge in [-0.15, -0.1) is 0 Å². The number of nitrogens with one attached hydrogen (secondary N) is 1. The molecular formula is C9H16NO5P. The van der Waals surface area contributed by atoms with Crippen LogP contribution in [-0.4, -0.2) is 35.0 Å². The first-order valence-electron chi connectivity index (χ1n) is 4.77. The van der Waals surface area contributed by atoms with Gasteiger partial charge in [0, 0.05) is 6.16 Å². The topological polar surface area (TPSA) is 92.7 Å². The van der Waals surface area contributed by atoms with E-state index in [4.69, 9.17) is 9.84 Å². The molecule has 0 aromatic heterocycles. The molecule has 1 atom stereocenters. The number of amides is 1. The smallest absolute Gasteiger partial charge is 0.408 e. The number of carboxylic acids is 1. The number of hydrogen-bond donors (Lipinski definition) is 2. The van der Waals surface area contributed by atoms with Gasteiger partial charge in [0.1, 0.15) is 11.6 Å². The summed E-state index contributed by atoms with van der Waals surface area (Å²) in [5.41, 5.74) is -0.677. The molecule has 2 N–H and O–H groups in total. The van der Waals surface area contributed by atoms with Gasteiger partial charge in [0.15, 0.2) is 8.46 Å². The van der Waals surface area contributed by atoms with Gasteiger partial charge in [-0.25, -0.2) is 9.59 Å². The monoisotopic (exact) mass is 249 g/mol. The van der Waals surface area contributed by atoms with Gasteiger partial charge in [0.05, 0.1) is 0 Å². The van der Waals surface area contributed by atoms with Gasteiger partial charge in [-0.3, -0.25) is 4.57 Å². The van der Waals surface area contributed by atoms with Crippen LogP contribution in [0.3, 0.4) is 0 Å². The zero-order valence-electron chi connectivity index (χ0n) is 9.52. The number of rotatable bonds is 5. The fourth-order valence-corrected chi connectivity index (χ4v) is 1.25. The van der Waals surface area contributed by atoms with Crippen LogP contribution >= 0.6 is 8.46 Å². The Balaban J connectivity index is 4.23. The zero-order valence-corrected chi connectivity index (χ0v) is 10.4.